The molecule has 3 rings (SSSR count). The van der Waals surface area contributed by atoms with Crippen LogP contribution in [0, 0.1) is 16.0 Å². The van der Waals surface area contributed by atoms with Crippen molar-refractivity contribution in [2.75, 3.05) is 44.4 Å². The maximum absolute atomic E-state index is 11.7. The highest BCUT2D eigenvalue weighted by Gasteiger charge is 2.32. The van der Waals surface area contributed by atoms with Crippen LogP contribution in [-0.4, -0.2) is 63.4 Å². The lowest BCUT2D eigenvalue weighted by molar-refractivity contribution is -0.384. The Kier molecular flexibility index (Phi) is 5.79. The Morgan fingerprint density at radius 1 is 1.38 bits per heavy atom. The SMILES string of the molecule is CS(=O)(=O)c1ccc(NC[C@H]([C@@H]2CCOC2)N2CCCC2)c([N+](=O)[O-])c1. The molecule has 0 aromatic heterocycles. The second-order valence-corrected chi connectivity index (χ2v) is 9.04. The number of hydrogen-bond donors (Lipinski definition) is 1. The van der Waals surface area contributed by atoms with E-state index in [4.69, 9.17) is 4.74 Å². The summed E-state index contributed by atoms with van der Waals surface area (Å²) in [6.45, 7) is 4.14. The summed E-state index contributed by atoms with van der Waals surface area (Å²) in [6, 6.07) is 4.28. The maximum atomic E-state index is 11.7. The van der Waals surface area contributed by atoms with Crippen LogP contribution in [0.1, 0.15) is 19.3 Å². The normalized spacial score (nSPS) is 22.4. The predicted molar refractivity (Wildman–Crippen MR) is 98.2 cm³/mol. The molecule has 2 atom stereocenters. The quantitative estimate of drug-likeness (QED) is 0.567. The second-order valence-electron chi connectivity index (χ2n) is 7.02. The standard InChI is InChI=1S/C17H25N3O5S/c1-26(23,24)14-4-5-15(16(10-14)20(21)22)18-11-17(13-6-9-25-12-13)19-7-2-3-8-19/h4-5,10,13,17-18H,2-3,6-9,11-12H2,1H3/t13-,17-/m1/s1. The van der Waals surface area contributed by atoms with E-state index in [1.54, 1.807) is 0 Å². The van der Waals surface area contributed by atoms with Crippen LogP contribution in [0.3, 0.4) is 0 Å². The Morgan fingerprint density at radius 3 is 2.69 bits per heavy atom. The van der Waals surface area contributed by atoms with Gasteiger partial charge in [0.15, 0.2) is 9.84 Å². The molecule has 2 saturated heterocycles. The minimum absolute atomic E-state index is 0.0463. The van der Waals surface area contributed by atoms with E-state index in [0.717, 1.165) is 45.0 Å². The van der Waals surface area contributed by atoms with Crippen molar-refractivity contribution in [2.24, 2.45) is 5.92 Å². The Bertz CT molecular complexity index is 740. The monoisotopic (exact) mass is 383 g/mol. The molecule has 0 radical (unpaired) electrons. The largest absolute Gasteiger partial charge is 0.381 e. The molecule has 0 saturated carbocycles. The third-order valence-electron chi connectivity index (χ3n) is 5.21. The molecular weight excluding hydrogens is 358 g/mol. The summed E-state index contributed by atoms with van der Waals surface area (Å²) in [4.78, 5) is 13.2. The van der Waals surface area contributed by atoms with Gasteiger partial charge in [0.2, 0.25) is 0 Å². The van der Waals surface area contributed by atoms with Gasteiger partial charge in [-0.25, -0.2) is 8.42 Å². The number of hydrogen-bond acceptors (Lipinski definition) is 7. The van der Waals surface area contributed by atoms with E-state index in [1.165, 1.54) is 25.0 Å². The van der Waals surface area contributed by atoms with Crippen LogP contribution in [-0.2, 0) is 14.6 Å². The van der Waals surface area contributed by atoms with E-state index in [0.29, 0.717) is 18.2 Å². The lowest BCUT2D eigenvalue weighted by Gasteiger charge is -2.32. The molecule has 1 aromatic carbocycles. The Labute approximate surface area is 153 Å². The first-order valence-electron chi connectivity index (χ1n) is 8.90. The van der Waals surface area contributed by atoms with Crippen molar-refractivity contribution >= 4 is 21.2 Å². The van der Waals surface area contributed by atoms with E-state index < -0.39 is 14.8 Å². The zero-order chi connectivity index (χ0) is 18.7. The van der Waals surface area contributed by atoms with Crippen LogP contribution in [0.5, 0.6) is 0 Å². The number of anilines is 1. The molecule has 0 amide bonds. The van der Waals surface area contributed by atoms with Gasteiger partial charge in [0.25, 0.3) is 5.69 Å². The fourth-order valence-electron chi connectivity index (χ4n) is 3.78. The van der Waals surface area contributed by atoms with Crippen LogP contribution in [0.15, 0.2) is 23.1 Å². The molecule has 8 nitrogen and oxygen atoms in total. The number of likely N-dealkylation sites (tertiary alicyclic amines) is 1. The van der Waals surface area contributed by atoms with Crippen molar-refractivity contribution in [3.63, 3.8) is 0 Å². The van der Waals surface area contributed by atoms with Gasteiger partial charge in [-0.1, -0.05) is 0 Å². The van der Waals surface area contributed by atoms with Crippen molar-refractivity contribution in [1.29, 1.82) is 0 Å². The molecule has 0 spiro atoms. The van der Waals surface area contributed by atoms with Gasteiger partial charge in [-0.2, -0.15) is 0 Å². The van der Waals surface area contributed by atoms with E-state index in [2.05, 4.69) is 10.2 Å². The molecule has 2 aliphatic heterocycles. The highest BCUT2D eigenvalue weighted by molar-refractivity contribution is 7.90. The zero-order valence-electron chi connectivity index (χ0n) is 14.9. The van der Waals surface area contributed by atoms with Crippen LogP contribution in [0.4, 0.5) is 11.4 Å². The number of ether oxygens (including phenoxy) is 1. The fourth-order valence-corrected chi connectivity index (χ4v) is 4.42. The van der Waals surface area contributed by atoms with Crippen molar-refractivity contribution in [3.05, 3.63) is 28.3 Å². The number of nitro groups is 1. The van der Waals surface area contributed by atoms with E-state index >= 15 is 0 Å². The summed E-state index contributed by atoms with van der Waals surface area (Å²) in [7, 11) is -3.49. The van der Waals surface area contributed by atoms with E-state index in [-0.39, 0.29) is 16.6 Å². The Morgan fingerprint density at radius 2 is 2.12 bits per heavy atom. The molecule has 2 aliphatic rings. The number of rotatable bonds is 7. The number of nitrogens with one attached hydrogen (secondary N) is 1. The molecule has 0 aliphatic carbocycles. The van der Waals surface area contributed by atoms with Crippen LogP contribution < -0.4 is 5.32 Å². The molecule has 2 heterocycles. The smallest absolute Gasteiger partial charge is 0.293 e. The Balaban J connectivity index is 1.79. The first kappa shape index (κ1) is 19.1. The lowest BCUT2D eigenvalue weighted by atomic mass is 9.97. The first-order chi connectivity index (χ1) is 12.4. The van der Waals surface area contributed by atoms with E-state index in [1.807, 2.05) is 0 Å². The van der Waals surface area contributed by atoms with Crippen LogP contribution in [0.25, 0.3) is 0 Å². The van der Waals surface area contributed by atoms with Gasteiger partial charge in [0, 0.05) is 37.4 Å². The van der Waals surface area contributed by atoms with Gasteiger partial charge in [-0.15, -0.1) is 0 Å². The number of benzene rings is 1. The third kappa shape index (κ3) is 4.33. The lowest BCUT2D eigenvalue weighted by Crippen LogP contribution is -2.44. The molecule has 2 fully saturated rings. The van der Waals surface area contributed by atoms with Gasteiger partial charge in [-0.05, 0) is 44.5 Å². The minimum atomic E-state index is -3.49. The van der Waals surface area contributed by atoms with E-state index in [9.17, 15) is 18.5 Å². The highest BCUT2D eigenvalue weighted by Crippen LogP contribution is 2.29. The average molecular weight is 383 g/mol. The summed E-state index contributed by atoms with van der Waals surface area (Å²) in [6.07, 6.45) is 4.39. The van der Waals surface area contributed by atoms with Crippen molar-refractivity contribution in [2.45, 2.75) is 30.2 Å². The van der Waals surface area contributed by atoms with Gasteiger partial charge in [-0.3, -0.25) is 15.0 Å². The number of sulfone groups is 1. The third-order valence-corrected chi connectivity index (χ3v) is 6.32. The molecule has 1 N–H and O–H groups in total. The van der Waals surface area contributed by atoms with Crippen LogP contribution >= 0.6 is 0 Å². The van der Waals surface area contributed by atoms with Crippen molar-refractivity contribution in [1.82, 2.24) is 4.90 Å². The van der Waals surface area contributed by atoms with Gasteiger partial charge in [0.05, 0.1) is 16.4 Å². The summed E-state index contributed by atoms with van der Waals surface area (Å²) < 4.78 is 28.9. The molecule has 144 valence electrons. The molecule has 26 heavy (non-hydrogen) atoms. The van der Waals surface area contributed by atoms with Gasteiger partial charge in [0.1, 0.15) is 5.69 Å². The van der Waals surface area contributed by atoms with Crippen molar-refractivity contribution < 1.29 is 18.1 Å². The summed E-state index contributed by atoms with van der Waals surface area (Å²) in [5.74, 6) is 0.412. The highest BCUT2D eigenvalue weighted by atomic mass is 32.2. The summed E-state index contributed by atoms with van der Waals surface area (Å²) in [5.41, 5.74) is 0.140. The van der Waals surface area contributed by atoms with Gasteiger partial charge >= 0.3 is 0 Å². The average Bonchev–Trinajstić information content (AvgIpc) is 3.28. The molecule has 0 bridgehead atoms. The maximum Gasteiger partial charge on any atom is 0.293 e. The van der Waals surface area contributed by atoms with Crippen molar-refractivity contribution in [3.8, 4) is 0 Å². The molecule has 1 aromatic rings. The fraction of sp³-hybridized carbons (Fsp3) is 0.647. The second kappa shape index (κ2) is 7.89. The summed E-state index contributed by atoms with van der Waals surface area (Å²) >= 11 is 0. The molecule has 0 unspecified atom stereocenters. The minimum Gasteiger partial charge on any atom is -0.381 e. The number of nitro benzene ring substituents is 1. The first-order valence-corrected chi connectivity index (χ1v) is 10.8. The molecular formula is C17H25N3O5S. The Hall–Kier alpha value is -1.71. The number of nitrogens with zero attached hydrogens (tertiary/aromatic N) is 2. The predicted octanol–water partition coefficient (Wildman–Crippen LogP) is 1.91. The molecule has 9 heteroatoms. The zero-order valence-corrected chi connectivity index (χ0v) is 15.7. The summed E-state index contributed by atoms with van der Waals surface area (Å²) in [5, 5.41) is 14.6. The van der Waals surface area contributed by atoms with Gasteiger partial charge < -0.3 is 10.1 Å². The van der Waals surface area contributed by atoms with Crippen LogP contribution in [0.2, 0.25) is 0 Å². The topological polar surface area (TPSA) is 102 Å².